The van der Waals surface area contributed by atoms with Crippen molar-refractivity contribution in [1.82, 2.24) is 15.5 Å². The average molecular weight is 335 g/mol. The first-order valence-electron chi connectivity index (χ1n) is 10.1. The summed E-state index contributed by atoms with van der Waals surface area (Å²) < 4.78 is 0. The first-order valence-corrected chi connectivity index (χ1v) is 10.1. The Bertz CT molecular complexity index is 390. The molecule has 1 heterocycles. The van der Waals surface area contributed by atoms with Crippen LogP contribution in [0.25, 0.3) is 0 Å². The zero-order valence-electron chi connectivity index (χ0n) is 14.9. The van der Waals surface area contributed by atoms with Gasteiger partial charge in [-0.1, -0.05) is 38.5 Å². The van der Waals surface area contributed by atoms with Crippen LogP contribution in [-0.2, 0) is 4.79 Å². The molecule has 0 spiro atoms. The third-order valence-corrected chi connectivity index (χ3v) is 5.96. The van der Waals surface area contributed by atoms with E-state index in [4.69, 9.17) is 0 Å². The van der Waals surface area contributed by atoms with Crippen molar-refractivity contribution in [2.75, 3.05) is 13.1 Å². The molecule has 24 heavy (non-hydrogen) atoms. The minimum atomic E-state index is -0.0298. The van der Waals surface area contributed by atoms with E-state index < -0.39 is 0 Å². The molecule has 3 aliphatic rings. The van der Waals surface area contributed by atoms with Crippen LogP contribution in [0.5, 0.6) is 0 Å². The molecule has 0 aromatic rings. The van der Waals surface area contributed by atoms with Gasteiger partial charge in [-0.3, -0.25) is 4.79 Å². The Hall–Kier alpha value is -1.26. The van der Waals surface area contributed by atoms with Gasteiger partial charge >= 0.3 is 6.03 Å². The topological polar surface area (TPSA) is 61.4 Å². The van der Waals surface area contributed by atoms with Crippen LogP contribution in [0.3, 0.4) is 0 Å². The van der Waals surface area contributed by atoms with E-state index in [1.807, 2.05) is 4.90 Å². The first kappa shape index (κ1) is 17.6. The molecule has 1 unspecified atom stereocenters. The molecule has 5 nitrogen and oxygen atoms in total. The lowest BCUT2D eigenvalue weighted by Gasteiger charge is -2.35. The van der Waals surface area contributed by atoms with Gasteiger partial charge in [0.05, 0.1) is 5.92 Å². The Morgan fingerprint density at radius 3 is 1.92 bits per heavy atom. The number of amides is 3. The van der Waals surface area contributed by atoms with Gasteiger partial charge in [0.15, 0.2) is 0 Å². The molecule has 1 saturated heterocycles. The number of hydrogen-bond acceptors (Lipinski definition) is 2. The van der Waals surface area contributed by atoms with Gasteiger partial charge in [0.25, 0.3) is 0 Å². The second-order valence-electron chi connectivity index (χ2n) is 7.91. The van der Waals surface area contributed by atoms with E-state index in [9.17, 15) is 9.59 Å². The number of likely N-dealkylation sites (tertiary alicyclic amines) is 1. The SMILES string of the molecule is O=C(NC1CCCCC1)C1CCCN(C(=O)NC2CCCCC2)C1. The monoisotopic (exact) mass is 335 g/mol. The zero-order chi connectivity index (χ0) is 16.8. The van der Waals surface area contributed by atoms with Crippen molar-refractivity contribution in [1.29, 1.82) is 0 Å². The van der Waals surface area contributed by atoms with E-state index in [-0.39, 0.29) is 17.9 Å². The number of nitrogens with zero attached hydrogens (tertiary/aromatic N) is 1. The number of piperidine rings is 1. The van der Waals surface area contributed by atoms with E-state index in [1.165, 1.54) is 38.5 Å². The van der Waals surface area contributed by atoms with Crippen LogP contribution >= 0.6 is 0 Å². The molecule has 0 aromatic carbocycles. The highest BCUT2D eigenvalue weighted by atomic mass is 16.2. The van der Waals surface area contributed by atoms with Crippen molar-refractivity contribution in [3.8, 4) is 0 Å². The Labute approximate surface area is 145 Å². The summed E-state index contributed by atoms with van der Waals surface area (Å²) in [7, 11) is 0. The van der Waals surface area contributed by atoms with Crippen molar-refractivity contribution in [2.24, 2.45) is 5.92 Å². The summed E-state index contributed by atoms with van der Waals surface area (Å²) in [5, 5.41) is 6.42. The van der Waals surface area contributed by atoms with Gasteiger partial charge in [-0.15, -0.1) is 0 Å². The lowest BCUT2D eigenvalue weighted by Crippen LogP contribution is -2.52. The lowest BCUT2D eigenvalue weighted by atomic mass is 9.93. The quantitative estimate of drug-likeness (QED) is 0.832. The normalized spacial score (nSPS) is 26.8. The smallest absolute Gasteiger partial charge is 0.317 e. The summed E-state index contributed by atoms with van der Waals surface area (Å²) in [6.45, 7) is 1.36. The van der Waals surface area contributed by atoms with Crippen LogP contribution in [0.2, 0.25) is 0 Å². The molecular weight excluding hydrogens is 302 g/mol. The summed E-state index contributed by atoms with van der Waals surface area (Å²) in [5.74, 6) is 0.134. The fourth-order valence-electron chi connectivity index (χ4n) is 4.45. The molecular formula is C19H33N3O2. The van der Waals surface area contributed by atoms with Crippen molar-refractivity contribution in [3.63, 3.8) is 0 Å². The predicted octanol–water partition coefficient (Wildman–Crippen LogP) is 3.19. The molecule has 5 heteroatoms. The molecule has 0 bridgehead atoms. The van der Waals surface area contributed by atoms with Crippen molar-refractivity contribution >= 4 is 11.9 Å². The number of nitrogens with one attached hydrogen (secondary N) is 2. The molecule has 1 atom stereocenters. The molecule has 2 N–H and O–H groups in total. The first-order chi connectivity index (χ1) is 11.7. The molecule has 0 aromatic heterocycles. The highest BCUT2D eigenvalue weighted by Crippen LogP contribution is 2.22. The fraction of sp³-hybridized carbons (Fsp3) is 0.895. The summed E-state index contributed by atoms with van der Waals surface area (Å²) in [5.41, 5.74) is 0. The molecule has 3 fully saturated rings. The highest BCUT2D eigenvalue weighted by Gasteiger charge is 2.30. The summed E-state index contributed by atoms with van der Waals surface area (Å²) in [6.07, 6.45) is 13.8. The number of hydrogen-bond donors (Lipinski definition) is 2. The molecule has 3 rings (SSSR count). The van der Waals surface area contributed by atoms with E-state index in [1.54, 1.807) is 0 Å². The maximum Gasteiger partial charge on any atom is 0.317 e. The van der Waals surface area contributed by atoms with Crippen molar-refractivity contribution < 1.29 is 9.59 Å². The minimum absolute atomic E-state index is 0.0298. The Kier molecular flexibility index (Phi) is 6.38. The van der Waals surface area contributed by atoms with Gasteiger partial charge in [-0.2, -0.15) is 0 Å². The van der Waals surface area contributed by atoms with Gasteiger partial charge in [0, 0.05) is 25.2 Å². The molecule has 0 radical (unpaired) electrons. The van der Waals surface area contributed by atoms with Crippen LogP contribution in [0, 0.1) is 5.92 Å². The van der Waals surface area contributed by atoms with E-state index in [0.717, 1.165) is 45.1 Å². The molecule has 3 amide bonds. The van der Waals surface area contributed by atoms with Crippen LogP contribution in [0.4, 0.5) is 4.79 Å². The fourth-order valence-corrected chi connectivity index (χ4v) is 4.45. The number of rotatable bonds is 3. The van der Waals surface area contributed by atoms with E-state index in [0.29, 0.717) is 18.6 Å². The molecule has 1 aliphatic heterocycles. The number of carbonyl (C=O) groups is 2. The average Bonchev–Trinajstić information content (AvgIpc) is 2.63. The largest absolute Gasteiger partial charge is 0.353 e. The second-order valence-corrected chi connectivity index (χ2v) is 7.91. The summed E-state index contributed by atoms with van der Waals surface area (Å²) >= 11 is 0. The summed E-state index contributed by atoms with van der Waals surface area (Å²) in [6, 6.07) is 0.734. The van der Waals surface area contributed by atoms with Crippen molar-refractivity contribution in [3.05, 3.63) is 0 Å². The second kappa shape index (κ2) is 8.72. The number of carbonyl (C=O) groups excluding carboxylic acids is 2. The number of urea groups is 1. The third-order valence-electron chi connectivity index (χ3n) is 5.96. The maximum absolute atomic E-state index is 12.6. The minimum Gasteiger partial charge on any atom is -0.353 e. The van der Waals surface area contributed by atoms with Gasteiger partial charge < -0.3 is 15.5 Å². The van der Waals surface area contributed by atoms with E-state index in [2.05, 4.69) is 10.6 Å². The van der Waals surface area contributed by atoms with Crippen LogP contribution < -0.4 is 10.6 Å². The highest BCUT2D eigenvalue weighted by molar-refractivity contribution is 5.81. The lowest BCUT2D eigenvalue weighted by molar-refractivity contribution is -0.127. The molecule has 136 valence electrons. The zero-order valence-corrected chi connectivity index (χ0v) is 14.9. The summed E-state index contributed by atoms with van der Waals surface area (Å²) in [4.78, 5) is 26.9. The van der Waals surface area contributed by atoms with Gasteiger partial charge in [0.1, 0.15) is 0 Å². The van der Waals surface area contributed by atoms with Gasteiger partial charge in [0.2, 0.25) is 5.91 Å². The Morgan fingerprint density at radius 2 is 1.29 bits per heavy atom. The predicted molar refractivity (Wildman–Crippen MR) is 94.7 cm³/mol. The molecule has 2 saturated carbocycles. The third kappa shape index (κ3) is 4.87. The van der Waals surface area contributed by atoms with Gasteiger partial charge in [-0.05, 0) is 38.5 Å². The van der Waals surface area contributed by atoms with Gasteiger partial charge in [-0.25, -0.2) is 4.79 Å². The Balaban J connectivity index is 1.45. The van der Waals surface area contributed by atoms with Crippen LogP contribution in [0.15, 0.2) is 0 Å². The standard InChI is InChI=1S/C19H33N3O2/c23-18(20-16-9-3-1-4-10-16)15-8-7-13-22(14-15)19(24)21-17-11-5-2-6-12-17/h15-17H,1-14H2,(H,20,23)(H,21,24). The molecule has 2 aliphatic carbocycles. The van der Waals surface area contributed by atoms with Crippen LogP contribution in [0.1, 0.15) is 77.0 Å². The van der Waals surface area contributed by atoms with Crippen LogP contribution in [-0.4, -0.2) is 42.0 Å². The Morgan fingerprint density at radius 1 is 0.708 bits per heavy atom. The van der Waals surface area contributed by atoms with E-state index >= 15 is 0 Å². The van der Waals surface area contributed by atoms with Crippen molar-refractivity contribution in [2.45, 2.75) is 89.1 Å². The maximum atomic E-state index is 12.6.